The molecule has 2 heterocycles. The fourth-order valence-corrected chi connectivity index (χ4v) is 2.10. The molecule has 1 aromatic carbocycles. The van der Waals surface area contributed by atoms with Crippen LogP contribution in [-0.4, -0.2) is 9.55 Å². The molecular weight excluding hydrogens is 248 g/mol. The number of aromatic nitrogens is 2. The number of nitrogens with zero attached hydrogens (tertiary/aromatic N) is 2. The van der Waals surface area contributed by atoms with Crippen molar-refractivity contribution in [3.05, 3.63) is 66.3 Å². The largest absolute Gasteiger partial charge is 0.455 e. The quantitative estimate of drug-likeness (QED) is 0.702. The molecule has 0 aliphatic heterocycles. The second-order valence-corrected chi connectivity index (χ2v) is 4.51. The van der Waals surface area contributed by atoms with Crippen LogP contribution in [0.15, 0.2) is 59.4 Å². The van der Waals surface area contributed by atoms with Crippen molar-refractivity contribution in [1.82, 2.24) is 9.55 Å². The number of furan rings is 1. The van der Waals surface area contributed by atoms with Crippen molar-refractivity contribution in [3.8, 4) is 11.5 Å². The molecule has 0 N–H and O–H groups in total. The summed E-state index contributed by atoms with van der Waals surface area (Å²) in [6.45, 7) is 2.97. The third-order valence-electron chi connectivity index (χ3n) is 3.17. The normalized spacial score (nSPS) is 11.2. The van der Waals surface area contributed by atoms with Crippen molar-refractivity contribution in [1.29, 1.82) is 0 Å². The molecule has 20 heavy (non-hydrogen) atoms. The van der Waals surface area contributed by atoms with Crippen molar-refractivity contribution in [2.75, 3.05) is 0 Å². The summed E-state index contributed by atoms with van der Waals surface area (Å²) >= 11 is 0. The highest BCUT2D eigenvalue weighted by Gasteiger charge is 2.07. The van der Waals surface area contributed by atoms with Crippen LogP contribution in [-0.2, 0) is 6.54 Å². The fourth-order valence-electron chi connectivity index (χ4n) is 2.10. The zero-order valence-electron chi connectivity index (χ0n) is 11.4. The van der Waals surface area contributed by atoms with Gasteiger partial charge < -0.3 is 8.98 Å². The fraction of sp³-hybridized carbons (Fsp3) is 0.118. The van der Waals surface area contributed by atoms with Gasteiger partial charge in [0.1, 0.15) is 11.5 Å². The minimum absolute atomic E-state index is 0.840. The van der Waals surface area contributed by atoms with Gasteiger partial charge in [-0.1, -0.05) is 36.4 Å². The van der Waals surface area contributed by atoms with E-state index in [1.54, 1.807) is 0 Å². The molecule has 0 unspecified atom stereocenters. The summed E-state index contributed by atoms with van der Waals surface area (Å²) in [5.41, 5.74) is 2.16. The first-order chi connectivity index (χ1) is 9.86. The smallest absolute Gasteiger partial charge is 0.152 e. The van der Waals surface area contributed by atoms with E-state index in [0.717, 1.165) is 29.3 Å². The average molecular weight is 264 g/mol. The van der Waals surface area contributed by atoms with Crippen molar-refractivity contribution < 1.29 is 4.42 Å². The number of rotatable bonds is 4. The van der Waals surface area contributed by atoms with Gasteiger partial charge in [-0.15, -0.1) is 0 Å². The van der Waals surface area contributed by atoms with Gasteiger partial charge in [-0.25, -0.2) is 4.98 Å². The molecule has 3 aromatic rings. The first-order valence-electron chi connectivity index (χ1n) is 6.70. The Balaban J connectivity index is 1.82. The molecule has 0 aliphatic carbocycles. The number of benzene rings is 1. The first-order valence-corrected chi connectivity index (χ1v) is 6.70. The molecule has 2 aromatic heterocycles. The van der Waals surface area contributed by atoms with Gasteiger partial charge in [-0.05, 0) is 30.7 Å². The highest BCUT2D eigenvalue weighted by Crippen LogP contribution is 2.23. The van der Waals surface area contributed by atoms with Crippen LogP contribution < -0.4 is 0 Å². The molecular formula is C17H16N2O. The highest BCUT2D eigenvalue weighted by atomic mass is 16.3. The van der Waals surface area contributed by atoms with Crippen LogP contribution in [0.2, 0.25) is 0 Å². The molecule has 100 valence electrons. The molecule has 0 fully saturated rings. The van der Waals surface area contributed by atoms with Gasteiger partial charge in [-0.2, -0.15) is 0 Å². The molecule has 0 saturated carbocycles. The van der Waals surface area contributed by atoms with E-state index in [4.69, 9.17) is 4.42 Å². The molecule has 0 radical (unpaired) electrons. The van der Waals surface area contributed by atoms with E-state index >= 15 is 0 Å². The third-order valence-corrected chi connectivity index (χ3v) is 3.17. The number of hydrogen-bond donors (Lipinski definition) is 0. The van der Waals surface area contributed by atoms with Crippen LogP contribution in [0.1, 0.15) is 18.2 Å². The Morgan fingerprint density at radius 2 is 1.95 bits per heavy atom. The maximum atomic E-state index is 5.84. The van der Waals surface area contributed by atoms with Crippen LogP contribution in [0.4, 0.5) is 0 Å². The highest BCUT2D eigenvalue weighted by molar-refractivity contribution is 5.68. The SMILES string of the molecule is CCn1cncc1-c1ccc(/C=C/c2ccccc2)o1. The van der Waals surface area contributed by atoms with Crippen LogP contribution in [0.3, 0.4) is 0 Å². The molecule has 3 rings (SSSR count). The lowest BCUT2D eigenvalue weighted by Crippen LogP contribution is -1.93. The zero-order valence-corrected chi connectivity index (χ0v) is 11.4. The van der Waals surface area contributed by atoms with Crippen LogP contribution >= 0.6 is 0 Å². The van der Waals surface area contributed by atoms with Gasteiger partial charge in [0, 0.05) is 6.54 Å². The van der Waals surface area contributed by atoms with Gasteiger partial charge in [0.2, 0.25) is 0 Å². The van der Waals surface area contributed by atoms with E-state index in [0.29, 0.717) is 0 Å². The molecule has 0 saturated heterocycles. The van der Waals surface area contributed by atoms with Crippen LogP contribution in [0.25, 0.3) is 23.6 Å². The first kappa shape index (κ1) is 12.5. The van der Waals surface area contributed by atoms with Crippen molar-refractivity contribution in [2.24, 2.45) is 0 Å². The predicted octanol–water partition coefficient (Wildman–Crippen LogP) is 4.33. The summed E-state index contributed by atoms with van der Waals surface area (Å²) in [5, 5.41) is 0. The maximum Gasteiger partial charge on any atom is 0.152 e. The van der Waals surface area contributed by atoms with Crippen LogP contribution in [0, 0.1) is 0 Å². The van der Waals surface area contributed by atoms with E-state index in [1.165, 1.54) is 0 Å². The third kappa shape index (κ3) is 2.57. The second-order valence-electron chi connectivity index (χ2n) is 4.51. The molecule has 0 atom stereocenters. The van der Waals surface area contributed by atoms with Gasteiger partial charge in [0.25, 0.3) is 0 Å². The van der Waals surface area contributed by atoms with Gasteiger partial charge >= 0.3 is 0 Å². The Morgan fingerprint density at radius 3 is 2.75 bits per heavy atom. The maximum absolute atomic E-state index is 5.84. The summed E-state index contributed by atoms with van der Waals surface area (Å²) in [6, 6.07) is 14.1. The standard InChI is InChI=1S/C17H16N2O/c1-2-19-13-18-12-16(19)17-11-10-15(20-17)9-8-14-6-4-3-5-7-14/h3-13H,2H2,1H3/b9-8+. The summed E-state index contributed by atoms with van der Waals surface area (Å²) in [5.74, 6) is 1.68. The average Bonchev–Trinajstić information content (AvgIpc) is 3.14. The topological polar surface area (TPSA) is 31.0 Å². The summed E-state index contributed by atoms with van der Waals surface area (Å²) < 4.78 is 7.90. The molecule has 3 heteroatoms. The van der Waals surface area contributed by atoms with Crippen molar-refractivity contribution in [3.63, 3.8) is 0 Å². The summed E-state index contributed by atoms with van der Waals surface area (Å²) in [6.07, 6.45) is 7.66. The van der Waals surface area contributed by atoms with Crippen molar-refractivity contribution in [2.45, 2.75) is 13.5 Å². The zero-order chi connectivity index (χ0) is 13.8. The Labute approximate surface area is 118 Å². The predicted molar refractivity (Wildman–Crippen MR) is 81.0 cm³/mol. The molecule has 0 aliphatic rings. The Kier molecular flexibility index (Phi) is 3.50. The number of imidazole rings is 1. The summed E-state index contributed by atoms with van der Waals surface area (Å²) in [7, 11) is 0. The summed E-state index contributed by atoms with van der Waals surface area (Å²) in [4.78, 5) is 4.16. The lowest BCUT2D eigenvalue weighted by molar-refractivity contribution is 0.564. The lowest BCUT2D eigenvalue weighted by atomic mass is 10.2. The Hall–Kier alpha value is -2.55. The van der Waals surface area contributed by atoms with Gasteiger partial charge in [0.05, 0.1) is 12.5 Å². The van der Waals surface area contributed by atoms with E-state index in [-0.39, 0.29) is 0 Å². The van der Waals surface area contributed by atoms with Crippen LogP contribution in [0.5, 0.6) is 0 Å². The second kappa shape index (κ2) is 5.61. The Morgan fingerprint density at radius 1 is 1.10 bits per heavy atom. The number of aryl methyl sites for hydroxylation is 1. The molecule has 0 amide bonds. The minimum Gasteiger partial charge on any atom is -0.455 e. The monoisotopic (exact) mass is 264 g/mol. The lowest BCUT2D eigenvalue weighted by Gasteiger charge is -2.00. The van der Waals surface area contributed by atoms with E-state index in [9.17, 15) is 0 Å². The van der Waals surface area contributed by atoms with E-state index in [2.05, 4.69) is 28.6 Å². The van der Waals surface area contributed by atoms with E-state index < -0.39 is 0 Å². The van der Waals surface area contributed by atoms with E-state index in [1.807, 2.05) is 55.0 Å². The number of hydrogen-bond acceptors (Lipinski definition) is 2. The van der Waals surface area contributed by atoms with Gasteiger partial charge in [0.15, 0.2) is 5.76 Å². The molecule has 0 spiro atoms. The van der Waals surface area contributed by atoms with Crippen molar-refractivity contribution >= 4 is 12.2 Å². The molecule has 3 nitrogen and oxygen atoms in total. The molecule has 0 bridgehead atoms. The van der Waals surface area contributed by atoms with Gasteiger partial charge in [-0.3, -0.25) is 0 Å². The Bertz CT molecular complexity index is 707. The minimum atomic E-state index is 0.840.